The summed E-state index contributed by atoms with van der Waals surface area (Å²) in [7, 11) is -3.62. The molecule has 0 saturated heterocycles. The highest BCUT2D eigenvalue weighted by Crippen LogP contribution is 2.20. The Kier molecular flexibility index (Phi) is 7.14. The molecule has 1 unspecified atom stereocenters. The summed E-state index contributed by atoms with van der Waals surface area (Å²) in [6.07, 6.45) is 2.09. The summed E-state index contributed by atoms with van der Waals surface area (Å²) in [5.74, 6) is -0.639. The third kappa shape index (κ3) is 6.03. The van der Waals surface area contributed by atoms with Crippen LogP contribution in [0.15, 0.2) is 29.2 Å². The number of rotatable bonds is 9. The second kappa shape index (κ2) is 8.36. The summed E-state index contributed by atoms with van der Waals surface area (Å²) in [5.41, 5.74) is 0. The fraction of sp³-hybridized carbons (Fsp3) is 0.500. The van der Waals surface area contributed by atoms with E-state index in [0.717, 1.165) is 6.42 Å². The lowest BCUT2D eigenvalue weighted by atomic mass is 9.97. The van der Waals surface area contributed by atoms with Crippen molar-refractivity contribution in [1.29, 1.82) is 0 Å². The summed E-state index contributed by atoms with van der Waals surface area (Å²) in [6.45, 7) is 2.24. The molecule has 0 bridgehead atoms. The number of sulfonamides is 1. The third-order valence-electron chi connectivity index (χ3n) is 3.31. The van der Waals surface area contributed by atoms with E-state index in [1.807, 2.05) is 6.92 Å². The molecular formula is C14H20ClNO4S. The van der Waals surface area contributed by atoms with Crippen molar-refractivity contribution in [3.05, 3.63) is 29.3 Å². The SMILES string of the molecule is CCC(CCNS(=O)(=O)c1ccccc1Cl)CCC(=O)O. The van der Waals surface area contributed by atoms with Crippen LogP contribution >= 0.6 is 11.6 Å². The van der Waals surface area contributed by atoms with E-state index in [2.05, 4.69) is 4.72 Å². The normalized spacial score (nSPS) is 13.0. The zero-order chi connectivity index (χ0) is 15.9. The van der Waals surface area contributed by atoms with Crippen molar-refractivity contribution < 1.29 is 18.3 Å². The molecular weight excluding hydrogens is 314 g/mol. The quantitative estimate of drug-likeness (QED) is 0.727. The molecule has 0 aromatic heterocycles. The highest BCUT2D eigenvalue weighted by molar-refractivity contribution is 7.89. The zero-order valence-corrected chi connectivity index (χ0v) is 13.5. The topological polar surface area (TPSA) is 83.5 Å². The molecule has 1 aromatic rings. The Morgan fingerprint density at radius 1 is 1.33 bits per heavy atom. The van der Waals surface area contributed by atoms with Gasteiger partial charge in [-0.25, -0.2) is 13.1 Å². The fourth-order valence-corrected chi connectivity index (χ4v) is 3.58. The molecule has 7 heteroatoms. The molecule has 0 amide bonds. The van der Waals surface area contributed by atoms with Crippen LogP contribution in [0.3, 0.4) is 0 Å². The molecule has 0 aliphatic heterocycles. The number of halogens is 1. The highest BCUT2D eigenvalue weighted by Gasteiger charge is 2.17. The fourth-order valence-electron chi connectivity index (χ4n) is 2.02. The first-order chi connectivity index (χ1) is 9.86. The number of carboxylic acid groups (broad SMARTS) is 1. The predicted octanol–water partition coefficient (Wildman–Crippen LogP) is 2.90. The van der Waals surface area contributed by atoms with Gasteiger partial charge < -0.3 is 5.11 Å². The van der Waals surface area contributed by atoms with Crippen molar-refractivity contribution in [3.63, 3.8) is 0 Å². The average Bonchev–Trinajstić information content (AvgIpc) is 2.42. The van der Waals surface area contributed by atoms with E-state index >= 15 is 0 Å². The van der Waals surface area contributed by atoms with Crippen molar-refractivity contribution in [2.45, 2.75) is 37.5 Å². The van der Waals surface area contributed by atoms with Crippen LogP contribution in [0.25, 0.3) is 0 Å². The van der Waals surface area contributed by atoms with Crippen LogP contribution in [-0.4, -0.2) is 26.0 Å². The van der Waals surface area contributed by atoms with Crippen molar-refractivity contribution >= 4 is 27.6 Å². The van der Waals surface area contributed by atoms with Gasteiger partial charge in [-0.3, -0.25) is 4.79 Å². The molecule has 5 nitrogen and oxygen atoms in total. The number of carbonyl (C=O) groups is 1. The monoisotopic (exact) mass is 333 g/mol. The Labute approximate surface area is 130 Å². The van der Waals surface area contributed by atoms with E-state index in [1.165, 1.54) is 12.1 Å². The Bertz CT molecular complexity index is 574. The molecule has 0 radical (unpaired) electrons. The van der Waals surface area contributed by atoms with Crippen LogP contribution in [0, 0.1) is 5.92 Å². The zero-order valence-electron chi connectivity index (χ0n) is 11.9. The average molecular weight is 334 g/mol. The standard InChI is InChI=1S/C14H20ClNO4S/c1-2-11(7-8-14(17)18)9-10-16-21(19,20)13-6-4-3-5-12(13)15/h3-6,11,16H,2,7-10H2,1H3,(H,17,18). The maximum Gasteiger partial charge on any atom is 0.303 e. The first-order valence-electron chi connectivity index (χ1n) is 6.82. The lowest BCUT2D eigenvalue weighted by Crippen LogP contribution is -2.26. The van der Waals surface area contributed by atoms with E-state index < -0.39 is 16.0 Å². The molecule has 0 fully saturated rings. The number of nitrogens with one attached hydrogen (secondary N) is 1. The summed E-state index contributed by atoms with van der Waals surface area (Å²) >= 11 is 5.88. The van der Waals surface area contributed by atoms with E-state index in [4.69, 9.17) is 16.7 Å². The maximum absolute atomic E-state index is 12.1. The molecule has 1 rings (SSSR count). The second-order valence-electron chi connectivity index (χ2n) is 4.82. The van der Waals surface area contributed by atoms with Gasteiger partial charge in [-0.15, -0.1) is 0 Å². The van der Waals surface area contributed by atoms with Gasteiger partial charge in [0.2, 0.25) is 10.0 Å². The molecule has 0 aliphatic rings. The lowest BCUT2D eigenvalue weighted by Gasteiger charge is -2.14. The highest BCUT2D eigenvalue weighted by atomic mass is 35.5. The third-order valence-corrected chi connectivity index (χ3v) is 5.28. The van der Waals surface area contributed by atoms with Gasteiger partial charge in [-0.2, -0.15) is 0 Å². The summed E-state index contributed by atoms with van der Waals surface area (Å²) in [6, 6.07) is 6.26. The molecule has 0 heterocycles. The number of hydrogen-bond acceptors (Lipinski definition) is 3. The summed E-state index contributed by atoms with van der Waals surface area (Å²) in [4.78, 5) is 10.6. The van der Waals surface area contributed by atoms with Crippen molar-refractivity contribution in [2.24, 2.45) is 5.92 Å². The van der Waals surface area contributed by atoms with Gasteiger partial charge in [-0.1, -0.05) is 37.1 Å². The summed E-state index contributed by atoms with van der Waals surface area (Å²) < 4.78 is 26.7. The van der Waals surface area contributed by atoms with Gasteiger partial charge in [0.05, 0.1) is 5.02 Å². The first-order valence-corrected chi connectivity index (χ1v) is 8.69. The molecule has 0 saturated carbocycles. The second-order valence-corrected chi connectivity index (χ2v) is 6.97. The van der Waals surface area contributed by atoms with E-state index in [0.29, 0.717) is 12.8 Å². The summed E-state index contributed by atoms with van der Waals surface area (Å²) in [5, 5.41) is 8.85. The Morgan fingerprint density at radius 3 is 2.57 bits per heavy atom. The first kappa shape index (κ1) is 17.9. The van der Waals surface area contributed by atoms with Crippen LogP contribution in [0.5, 0.6) is 0 Å². The van der Waals surface area contributed by atoms with Gasteiger partial charge in [-0.05, 0) is 30.9 Å². The minimum atomic E-state index is -3.62. The van der Waals surface area contributed by atoms with E-state index in [9.17, 15) is 13.2 Å². The van der Waals surface area contributed by atoms with Crippen LogP contribution in [0.1, 0.15) is 32.6 Å². The smallest absolute Gasteiger partial charge is 0.303 e. The predicted molar refractivity (Wildman–Crippen MR) is 81.9 cm³/mol. The lowest BCUT2D eigenvalue weighted by molar-refractivity contribution is -0.137. The van der Waals surface area contributed by atoms with Crippen LogP contribution < -0.4 is 4.72 Å². The van der Waals surface area contributed by atoms with Crippen molar-refractivity contribution in [2.75, 3.05) is 6.54 Å². The Balaban J connectivity index is 2.54. The van der Waals surface area contributed by atoms with E-state index in [1.54, 1.807) is 12.1 Å². The number of aliphatic carboxylic acids is 1. The molecule has 0 spiro atoms. The number of benzene rings is 1. The molecule has 2 N–H and O–H groups in total. The van der Waals surface area contributed by atoms with Gasteiger partial charge in [0.15, 0.2) is 0 Å². The molecule has 118 valence electrons. The maximum atomic E-state index is 12.1. The van der Waals surface area contributed by atoms with Crippen LogP contribution in [-0.2, 0) is 14.8 Å². The molecule has 1 atom stereocenters. The van der Waals surface area contributed by atoms with Gasteiger partial charge in [0.25, 0.3) is 0 Å². The van der Waals surface area contributed by atoms with Crippen molar-refractivity contribution in [3.8, 4) is 0 Å². The van der Waals surface area contributed by atoms with E-state index in [-0.39, 0.29) is 28.8 Å². The molecule has 0 aliphatic carbocycles. The van der Waals surface area contributed by atoms with Gasteiger partial charge >= 0.3 is 5.97 Å². The van der Waals surface area contributed by atoms with Gasteiger partial charge in [0, 0.05) is 13.0 Å². The largest absolute Gasteiger partial charge is 0.481 e. The van der Waals surface area contributed by atoms with Crippen LogP contribution in [0.2, 0.25) is 5.02 Å². The molecule has 1 aromatic carbocycles. The Hall–Kier alpha value is -1.11. The van der Waals surface area contributed by atoms with Gasteiger partial charge in [0.1, 0.15) is 4.90 Å². The minimum absolute atomic E-state index is 0.0604. The number of hydrogen-bond donors (Lipinski definition) is 2. The Morgan fingerprint density at radius 2 is 2.00 bits per heavy atom. The number of carboxylic acids is 1. The van der Waals surface area contributed by atoms with Crippen molar-refractivity contribution in [1.82, 2.24) is 4.72 Å². The molecule has 21 heavy (non-hydrogen) atoms. The van der Waals surface area contributed by atoms with Crippen LogP contribution in [0.4, 0.5) is 0 Å². The minimum Gasteiger partial charge on any atom is -0.481 e.